The minimum Gasteiger partial charge on any atom is -0.373 e. The zero-order valence-electron chi connectivity index (χ0n) is 15.3. The maximum Gasteiger partial charge on any atom is 0.132 e. The Kier molecular flexibility index (Phi) is 6.43. The number of ether oxygens (including phenoxy) is 1. The number of H-pyrrole nitrogens is 1. The van der Waals surface area contributed by atoms with Crippen LogP contribution in [0.25, 0.3) is 17.5 Å². The van der Waals surface area contributed by atoms with Crippen LogP contribution in [0.3, 0.4) is 0 Å². The minimum absolute atomic E-state index is 0.0469. The molecule has 1 unspecified atom stereocenters. The highest BCUT2D eigenvalue weighted by Crippen LogP contribution is 2.21. The standard InChI is InChI=1S/C17H23N7O2S/c1-12(18)3-4-16-19-9-15(23-16)14-7-17(21-11-20-14)24-5-6-26-13(10-24)8-22-27(2)25/h3-4,7,9,11,13,18,22H,5-6,8,10H2,1-2H3,(H,19,23)/b4-3-,18-12?/t13-,27?/m1/s1. The van der Waals surface area contributed by atoms with Gasteiger partial charge in [-0.25, -0.2) is 23.9 Å². The third-order valence-electron chi connectivity index (χ3n) is 3.99. The van der Waals surface area contributed by atoms with Gasteiger partial charge in [0.2, 0.25) is 0 Å². The van der Waals surface area contributed by atoms with Crippen molar-refractivity contribution < 1.29 is 8.95 Å². The largest absolute Gasteiger partial charge is 0.373 e. The number of hydrogen-bond acceptors (Lipinski definition) is 7. The number of morpholine rings is 1. The van der Waals surface area contributed by atoms with Crippen molar-refractivity contribution >= 4 is 28.6 Å². The second-order valence-electron chi connectivity index (χ2n) is 6.20. The molecule has 0 radical (unpaired) electrons. The van der Waals surface area contributed by atoms with Crippen molar-refractivity contribution in [2.24, 2.45) is 0 Å². The van der Waals surface area contributed by atoms with Gasteiger partial charge in [0.1, 0.15) is 18.0 Å². The molecule has 1 aliphatic heterocycles. The van der Waals surface area contributed by atoms with Crippen molar-refractivity contribution in [1.82, 2.24) is 24.7 Å². The lowest BCUT2D eigenvalue weighted by Gasteiger charge is -2.33. The van der Waals surface area contributed by atoms with Gasteiger partial charge in [0.15, 0.2) is 0 Å². The molecule has 3 heterocycles. The van der Waals surface area contributed by atoms with E-state index >= 15 is 0 Å². The summed E-state index contributed by atoms with van der Waals surface area (Å²) in [5, 5.41) is 7.44. The fourth-order valence-corrected chi connectivity index (χ4v) is 3.10. The van der Waals surface area contributed by atoms with E-state index in [9.17, 15) is 4.21 Å². The summed E-state index contributed by atoms with van der Waals surface area (Å²) in [6.45, 7) is 4.22. The summed E-state index contributed by atoms with van der Waals surface area (Å²) in [7, 11) is -1.06. The molecule has 1 fully saturated rings. The predicted octanol–water partition coefficient (Wildman–Crippen LogP) is 1.01. The average molecular weight is 389 g/mol. The van der Waals surface area contributed by atoms with Gasteiger partial charge in [-0.05, 0) is 19.1 Å². The van der Waals surface area contributed by atoms with Crippen LogP contribution in [-0.2, 0) is 15.7 Å². The first-order valence-corrected chi connectivity index (χ1v) is 10.1. The van der Waals surface area contributed by atoms with Crippen molar-refractivity contribution in [1.29, 1.82) is 5.41 Å². The zero-order valence-corrected chi connectivity index (χ0v) is 16.1. The Morgan fingerprint density at radius 3 is 3.15 bits per heavy atom. The lowest BCUT2D eigenvalue weighted by molar-refractivity contribution is 0.0442. The molecule has 0 aromatic carbocycles. The number of imidazole rings is 1. The molecule has 0 saturated carbocycles. The third-order valence-corrected chi connectivity index (χ3v) is 4.57. The molecule has 2 atom stereocenters. The summed E-state index contributed by atoms with van der Waals surface area (Å²) in [6.07, 6.45) is 8.24. The molecule has 2 aromatic rings. The molecule has 9 nitrogen and oxygen atoms in total. The number of hydrogen-bond donors (Lipinski definition) is 3. The normalized spacial score (nSPS) is 18.7. The Morgan fingerprint density at radius 1 is 1.52 bits per heavy atom. The molecule has 144 valence electrons. The summed E-state index contributed by atoms with van der Waals surface area (Å²) in [4.78, 5) is 18.3. The highest BCUT2D eigenvalue weighted by Gasteiger charge is 2.22. The highest BCUT2D eigenvalue weighted by atomic mass is 32.2. The SMILES string of the molecule is CC(=N)/C=C\c1ncc(-c2cc(N3CCO[C@H](CNS(C)=O)C3)ncn2)[nH]1. The number of anilines is 1. The van der Waals surface area contributed by atoms with E-state index in [1.54, 1.807) is 31.5 Å². The summed E-state index contributed by atoms with van der Waals surface area (Å²) in [5.74, 6) is 1.48. The first kappa shape index (κ1) is 19.3. The lowest BCUT2D eigenvalue weighted by atomic mass is 10.2. The van der Waals surface area contributed by atoms with E-state index in [0.29, 0.717) is 31.2 Å². The Bertz CT molecular complexity index is 851. The van der Waals surface area contributed by atoms with Crippen LogP contribution in [0.5, 0.6) is 0 Å². The van der Waals surface area contributed by atoms with E-state index in [4.69, 9.17) is 10.1 Å². The van der Waals surface area contributed by atoms with Crippen molar-refractivity contribution in [3.8, 4) is 11.4 Å². The summed E-state index contributed by atoms with van der Waals surface area (Å²) in [5.41, 5.74) is 1.99. The Balaban J connectivity index is 1.71. The van der Waals surface area contributed by atoms with Gasteiger partial charge >= 0.3 is 0 Å². The van der Waals surface area contributed by atoms with Gasteiger partial charge < -0.3 is 20.0 Å². The smallest absolute Gasteiger partial charge is 0.132 e. The summed E-state index contributed by atoms with van der Waals surface area (Å²) < 4.78 is 19.8. The van der Waals surface area contributed by atoms with E-state index in [1.165, 1.54) is 6.33 Å². The van der Waals surface area contributed by atoms with E-state index in [-0.39, 0.29) is 6.10 Å². The van der Waals surface area contributed by atoms with Gasteiger partial charge in [0, 0.05) is 37.7 Å². The maximum atomic E-state index is 11.2. The van der Waals surface area contributed by atoms with Gasteiger partial charge in [-0.15, -0.1) is 0 Å². The van der Waals surface area contributed by atoms with Gasteiger partial charge in [0.05, 0.1) is 41.3 Å². The van der Waals surface area contributed by atoms with Crippen LogP contribution in [0, 0.1) is 5.41 Å². The fourth-order valence-electron chi connectivity index (χ4n) is 2.68. The van der Waals surface area contributed by atoms with Crippen molar-refractivity contribution in [2.45, 2.75) is 13.0 Å². The van der Waals surface area contributed by atoms with Crippen LogP contribution in [-0.4, -0.2) is 68.5 Å². The molecule has 3 rings (SSSR count). The maximum absolute atomic E-state index is 11.2. The molecule has 0 bridgehead atoms. The quantitative estimate of drug-likeness (QED) is 0.608. The number of aromatic amines is 1. The summed E-state index contributed by atoms with van der Waals surface area (Å²) >= 11 is 0. The molecular formula is C17H23N7O2S. The van der Waals surface area contributed by atoms with Crippen molar-refractivity contribution in [3.05, 3.63) is 30.5 Å². The molecule has 2 aromatic heterocycles. The molecule has 0 amide bonds. The number of allylic oxidation sites excluding steroid dienone is 1. The van der Waals surface area contributed by atoms with E-state index in [2.05, 4.69) is 29.6 Å². The molecule has 0 aliphatic carbocycles. The Morgan fingerprint density at radius 2 is 2.37 bits per heavy atom. The first-order valence-electron chi connectivity index (χ1n) is 8.55. The molecule has 3 N–H and O–H groups in total. The molecule has 1 aliphatic rings. The molecule has 1 saturated heterocycles. The Labute approximate surface area is 160 Å². The second-order valence-corrected chi connectivity index (χ2v) is 7.40. The highest BCUT2D eigenvalue weighted by molar-refractivity contribution is 7.82. The van der Waals surface area contributed by atoms with Crippen LogP contribution < -0.4 is 9.62 Å². The van der Waals surface area contributed by atoms with Crippen molar-refractivity contribution in [3.63, 3.8) is 0 Å². The fraction of sp³-hybridized carbons (Fsp3) is 0.412. The van der Waals surface area contributed by atoms with Crippen LogP contribution >= 0.6 is 0 Å². The summed E-state index contributed by atoms with van der Waals surface area (Å²) in [6, 6.07) is 1.91. The number of aromatic nitrogens is 4. The van der Waals surface area contributed by atoms with E-state index in [0.717, 1.165) is 23.8 Å². The number of nitrogens with one attached hydrogen (secondary N) is 3. The molecular weight excluding hydrogens is 366 g/mol. The Hall–Kier alpha value is -2.43. The number of nitrogens with zero attached hydrogens (tertiary/aromatic N) is 4. The molecule has 27 heavy (non-hydrogen) atoms. The molecule has 10 heteroatoms. The average Bonchev–Trinajstić information content (AvgIpc) is 3.14. The first-order chi connectivity index (χ1) is 13.0. The van der Waals surface area contributed by atoms with E-state index in [1.807, 2.05) is 6.07 Å². The van der Waals surface area contributed by atoms with Crippen molar-refractivity contribution in [2.75, 3.05) is 37.4 Å². The second kappa shape index (κ2) is 8.98. The lowest BCUT2D eigenvalue weighted by Crippen LogP contribution is -2.47. The van der Waals surface area contributed by atoms with Gasteiger partial charge in [0.25, 0.3) is 0 Å². The topological polar surface area (TPSA) is 120 Å². The van der Waals surface area contributed by atoms with Gasteiger partial charge in [-0.1, -0.05) is 0 Å². The van der Waals surface area contributed by atoms with Gasteiger partial charge in [-0.3, -0.25) is 0 Å². The van der Waals surface area contributed by atoms with Crippen LogP contribution in [0.1, 0.15) is 12.7 Å². The monoisotopic (exact) mass is 389 g/mol. The third kappa shape index (κ3) is 5.52. The predicted molar refractivity (Wildman–Crippen MR) is 106 cm³/mol. The van der Waals surface area contributed by atoms with Crippen LogP contribution in [0.2, 0.25) is 0 Å². The minimum atomic E-state index is -1.06. The van der Waals surface area contributed by atoms with Crippen LogP contribution in [0.15, 0.2) is 24.7 Å². The number of rotatable bonds is 7. The zero-order chi connectivity index (χ0) is 19.2. The van der Waals surface area contributed by atoms with Crippen LogP contribution in [0.4, 0.5) is 5.82 Å². The van der Waals surface area contributed by atoms with Gasteiger partial charge in [-0.2, -0.15) is 0 Å². The molecule has 0 spiro atoms. The van der Waals surface area contributed by atoms with E-state index < -0.39 is 11.0 Å².